The fraction of sp³-hybridized carbons (Fsp3) is 0.143. The Morgan fingerprint density at radius 3 is 3.09 bits per heavy atom. The van der Waals surface area contributed by atoms with Crippen molar-refractivity contribution in [2.24, 2.45) is 4.99 Å². The molecule has 0 saturated heterocycles. The number of carbonyl (C=O) groups excluding carboxylic acids is 1. The average molecular weight is 188 g/mol. The number of halogens is 1. The number of dihydropyridines is 1. The van der Waals surface area contributed by atoms with E-state index in [0.29, 0.717) is 6.54 Å². The molecule has 2 aliphatic heterocycles. The Bertz CT molecular complexity index is 280. The van der Waals surface area contributed by atoms with E-state index in [2.05, 4.69) is 4.99 Å². The highest BCUT2D eigenvalue weighted by atomic mass is 35.5. The van der Waals surface area contributed by atoms with Crippen LogP contribution in [-0.2, 0) is 4.79 Å². The predicted octanol–water partition coefficient (Wildman–Crippen LogP) is 1.58. The van der Waals surface area contributed by atoms with E-state index in [1.165, 1.54) is 11.8 Å². The molecule has 2 heterocycles. The Labute approximate surface area is 74.9 Å². The van der Waals surface area contributed by atoms with Gasteiger partial charge >= 0.3 is 0 Å². The molecule has 2 aliphatic rings. The maximum atomic E-state index is 10.8. The van der Waals surface area contributed by atoms with Crippen LogP contribution in [0.4, 0.5) is 0 Å². The zero-order valence-corrected chi connectivity index (χ0v) is 7.24. The Kier molecular flexibility index (Phi) is 2.52. The molecule has 0 radical (unpaired) electrons. The smallest absolute Gasteiger partial charge is 0.217 e. The molecular formula is C7H6ClNOS. The van der Waals surface area contributed by atoms with Gasteiger partial charge in [0.05, 0.1) is 6.54 Å². The lowest BCUT2D eigenvalue weighted by Crippen LogP contribution is -1.92. The molecule has 11 heavy (non-hydrogen) atoms. The van der Waals surface area contributed by atoms with Gasteiger partial charge in [0, 0.05) is 11.1 Å². The summed E-state index contributed by atoms with van der Waals surface area (Å²) in [6, 6.07) is 0. The van der Waals surface area contributed by atoms with Gasteiger partial charge in [-0.05, 0) is 29.5 Å². The van der Waals surface area contributed by atoms with Gasteiger partial charge < -0.3 is 0 Å². The van der Waals surface area contributed by atoms with Gasteiger partial charge in [-0.3, -0.25) is 9.79 Å². The number of nitrogens with zero attached hydrogens (tertiary/aromatic N) is 1. The number of rotatable bonds is 0. The lowest BCUT2D eigenvalue weighted by atomic mass is 10.2. The van der Waals surface area contributed by atoms with E-state index in [-0.39, 0.29) is 17.5 Å². The zero-order chi connectivity index (χ0) is 6.97. The van der Waals surface area contributed by atoms with Gasteiger partial charge in [0.15, 0.2) is 0 Å². The van der Waals surface area contributed by atoms with Crippen molar-refractivity contribution in [3.63, 3.8) is 0 Å². The molecule has 0 spiro atoms. The van der Waals surface area contributed by atoms with E-state index in [1.807, 2.05) is 6.08 Å². The van der Waals surface area contributed by atoms with E-state index in [9.17, 15) is 4.79 Å². The van der Waals surface area contributed by atoms with Crippen molar-refractivity contribution < 1.29 is 4.79 Å². The van der Waals surface area contributed by atoms with Crippen molar-refractivity contribution in [2.45, 2.75) is 0 Å². The first-order valence-corrected chi connectivity index (χ1v) is 3.81. The number of hydrogen-bond acceptors (Lipinski definition) is 3. The summed E-state index contributed by atoms with van der Waals surface area (Å²) in [5.74, 6) is 0. The Balaban J connectivity index is 0.000000605. The largest absolute Gasteiger partial charge is 0.288 e. The number of allylic oxidation sites excluding steroid dienone is 1. The summed E-state index contributed by atoms with van der Waals surface area (Å²) >= 11 is 1.29. The summed E-state index contributed by atoms with van der Waals surface area (Å²) in [5.41, 5.74) is 1.07. The zero-order valence-electron chi connectivity index (χ0n) is 5.61. The first-order valence-electron chi connectivity index (χ1n) is 2.99. The molecule has 0 saturated carbocycles. The summed E-state index contributed by atoms with van der Waals surface area (Å²) in [6.45, 7) is 0.671. The molecule has 0 amide bonds. The van der Waals surface area contributed by atoms with Crippen LogP contribution in [-0.4, -0.2) is 17.9 Å². The molecule has 0 fully saturated rings. The van der Waals surface area contributed by atoms with Gasteiger partial charge in [-0.2, -0.15) is 0 Å². The predicted molar refractivity (Wildman–Crippen MR) is 49.4 cm³/mol. The second kappa shape index (κ2) is 3.24. The SMILES string of the molecule is Cl.O=C1C=C2CN=CC=C2S1. The highest BCUT2D eigenvalue weighted by Gasteiger charge is 2.19. The molecule has 0 atom stereocenters. The lowest BCUT2D eigenvalue weighted by molar-refractivity contribution is -0.106. The Morgan fingerprint density at radius 1 is 1.55 bits per heavy atom. The molecule has 58 valence electrons. The van der Waals surface area contributed by atoms with Crippen LogP contribution in [0.15, 0.2) is 27.6 Å². The van der Waals surface area contributed by atoms with Crippen molar-refractivity contribution in [1.29, 1.82) is 0 Å². The molecule has 4 heteroatoms. The van der Waals surface area contributed by atoms with Crippen LogP contribution in [0.3, 0.4) is 0 Å². The summed E-state index contributed by atoms with van der Waals surface area (Å²) in [4.78, 5) is 15.9. The van der Waals surface area contributed by atoms with Gasteiger partial charge in [-0.25, -0.2) is 0 Å². The first kappa shape index (κ1) is 8.56. The Morgan fingerprint density at radius 2 is 2.36 bits per heavy atom. The van der Waals surface area contributed by atoms with E-state index < -0.39 is 0 Å². The van der Waals surface area contributed by atoms with E-state index in [1.54, 1.807) is 12.3 Å². The van der Waals surface area contributed by atoms with Gasteiger partial charge in [0.1, 0.15) is 0 Å². The highest BCUT2D eigenvalue weighted by molar-refractivity contribution is 8.18. The highest BCUT2D eigenvalue weighted by Crippen LogP contribution is 2.33. The number of hydrogen-bond donors (Lipinski definition) is 0. The van der Waals surface area contributed by atoms with Crippen LogP contribution >= 0.6 is 24.2 Å². The molecule has 2 nitrogen and oxygen atoms in total. The van der Waals surface area contributed by atoms with Crippen molar-refractivity contribution in [1.82, 2.24) is 0 Å². The second-order valence-electron chi connectivity index (χ2n) is 2.11. The molecular weight excluding hydrogens is 182 g/mol. The number of aliphatic imine (C=N–C) groups is 1. The first-order chi connectivity index (χ1) is 4.86. The second-order valence-corrected chi connectivity index (χ2v) is 3.16. The van der Waals surface area contributed by atoms with Crippen molar-refractivity contribution in [3.8, 4) is 0 Å². The topological polar surface area (TPSA) is 29.4 Å². The normalized spacial score (nSPS) is 20.2. The Hall–Kier alpha value is -0.540. The van der Waals surface area contributed by atoms with Gasteiger partial charge in [-0.15, -0.1) is 12.4 Å². The van der Waals surface area contributed by atoms with Crippen molar-refractivity contribution >= 4 is 35.5 Å². The minimum absolute atomic E-state index is 0. The van der Waals surface area contributed by atoms with Crippen LogP contribution in [0.5, 0.6) is 0 Å². The minimum Gasteiger partial charge on any atom is -0.288 e. The minimum atomic E-state index is 0. The summed E-state index contributed by atoms with van der Waals surface area (Å²) in [5, 5.41) is 0.131. The lowest BCUT2D eigenvalue weighted by Gasteiger charge is -2.02. The van der Waals surface area contributed by atoms with Crippen LogP contribution < -0.4 is 0 Å². The van der Waals surface area contributed by atoms with E-state index in [0.717, 1.165) is 10.5 Å². The fourth-order valence-electron chi connectivity index (χ4n) is 0.953. The van der Waals surface area contributed by atoms with E-state index >= 15 is 0 Å². The molecule has 0 aliphatic carbocycles. The molecule has 0 N–H and O–H groups in total. The van der Waals surface area contributed by atoms with Gasteiger partial charge in [-0.1, -0.05) is 0 Å². The maximum absolute atomic E-state index is 10.8. The fourth-order valence-corrected chi connectivity index (χ4v) is 1.75. The van der Waals surface area contributed by atoms with E-state index in [4.69, 9.17) is 0 Å². The molecule has 0 bridgehead atoms. The molecule has 0 aromatic rings. The van der Waals surface area contributed by atoms with Crippen LogP contribution in [0, 0.1) is 0 Å². The summed E-state index contributed by atoms with van der Waals surface area (Å²) in [6.07, 6.45) is 5.29. The van der Waals surface area contributed by atoms with Crippen LogP contribution in [0.1, 0.15) is 0 Å². The van der Waals surface area contributed by atoms with Crippen molar-refractivity contribution in [3.05, 3.63) is 22.6 Å². The summed E-state index contributed by atoms with van der Waals surface area (Å²) < 4.78 is 0. The number of carbonyl (C=O) groups is 1. The standard InChI is InChI=1S/C7H5NOS.ClH/c9-7-3-5-4-8-2-1-6(5)10-7;/h1-3H,4H2;1H. The third-order valence-electron chi connectivity index (χ3n) is 1.41. The summed E-state index contributed by atoms with van der Waals surface area (Å²) in [7, 11) is 0. The van der Waals surface area contributed by atoms with Crippen molar-refractivity contribution in [2.75, 3.05) is 6.54 Å². The third-order valence-corrected chi connectivity index (χ3v) is 2.35. The molecule has 0 unspecified atom stereocenters. The van der Waals surface area contributed by atoms with Crippen LogP contribution in [0.25, 0.3) is 0 Å². The van der Waals surface area contributed by atoms with Crippen LogP contribution in [0.2, 0.25) is 0 Å². The number of thioether (sulfide) groups is 1. The monoisotopic (exact) mass is 187 g/mol. The molecule has 2 rings (SSSR count). The third kappa shape index (κ3) is 1.54. The van der Waals surface area contributed by atoms with Gasteiger partial charge in [0.2, 0.25) is 5.12 Å². The quantitative estimate of drug-likeness (QED) is 0.576. The average Bonchev–Trinajstić information content (AvgIpc) is 2.27. The number of fused-ring (bicyclic) bond motifs is 1. The molecule has 0 aromatic carbocycles. The van der Waals surface area contributed by atoms with Gasteiger partial charge in [0.25, 0.3) is 0 Å². The maximum Gasteiger partial charge on any atom is 0.217 e. The molecule has 0 aromatic heterocycles.